The SMILES string of the molecule is COc1ccc(C(=O)N2CCCC[C@H]2CCN2CCCCCC2)cc1. The molecule has 0 aromatic heterocycles. The Labute approximate surface area is 152 Å². The number of likely N-dealkylation sites (tertiary alicyclic amines) is 2. The average Bonchev–Trinajstić information content (AvgIpc) is 2.95. The summed E-state index contributed by atoms with van der Waals surface area (Å²) in [5.41, 5.74) is 0.780. The molecule has 0 unspecified atom stereocenters. The average molecular weight is 344 g/mol. The van der Waals surface area contributed by atoms with Crippen LogP contribution in [0.3, 0.4) is 0 Å². The topological polar surface area (TPSA) is 32.8 Å². The van der Waals surface area contributed by atoms with Crippen LogP contribution < -0.4 is 4.74 Å². The highest BCUT2D eigenvalue weighted by molar-refractivity contribution is 5.94. The van der Waals surface area contributed by atoms with Gasteiger partial charge in [-0.3, -0.25) is 4.79 Å². The van der Waals surface area contributed by atoms with Gasteiger partial charge >= 0.3 is 0 Å². The molecule has 3 rings (SSSR count). The highest BCUT2D eigenvalue weighted by atomic mass is 16.5. The van der Waals surface area contributed by atoms with E-state index in [1.807, 2.05) is 24.3 Å². The number of rotatable bonds is 5. The predicted molar refractivity (Wildman–Crippen MR) is 101 cm³/mol. The third-order valence-corrected chi connectivity index (χ3v) is 5.70. The summed E-state index contributed by atoms with van der Waals surface area (Å²) in [4.78, 5) is 17.7. The lowest BCUT2D eigenvalue weighted by atomic mass is 9.97. The Bertz CT molecular complexity index is 535. The number of carbonyl (C=O) groups excluding carboxylic acids is 1. The number of amides is 1. The van der Waals surface area contributed by atoms with Crippen molar-refractivity contribution in [2.24, 2.45) is 0 Å². The minimum atomic E-state index is 0.184. The van der Waals surface area contributed by atoms with Gasteiger partial charge in [0.05, 0.1) is 7.11 Å². The van der Waals surface area contributed by atoms with Crippen LogP contribution in [0.5, 0.6) is 5.75 Å². The van der Waals surface area contributed by atoms with Crippen LogP contribution in [0.1, 0.15) is 61.7 Å². The molecule has 2 aliphatic rings. The van der Waals surface area contributed by atoms with Crippen molar-refractivity contribution in [2.75, 3.05) is 33.3 Å². The fraction of sp³-hybridized carbons (Fsp3) is 0.667. The summed E-state index contributed by atoms with van der Waals surface area (Å²) in [6.07, 6.45) is 10.1. The summed E-state index contributed by atoms with van der Waals surface area (Å²) in [5.74, 6) is 0.983. The number of ether oxygens (including phenoxy) is 1. The van der Waals surface area contributed by atoms with Crippen molar-refractivity contribution in [3.63, 3.8) is 0 Å². The molecule has 1 atom stereocenters. The molecule has 0 aliphatic carbocycles. The number of methoxy groups -OCH3 is 1. The molecule has 138 valence electrons. The highest BCUT2D eigenvalue weighted by Crippen LogP contribution is 2.24. The first-order valence-corrected chi connectivity index (χ1v) is 9.95. The van der Waals surface area contributed by atoms with Crippen molar-refractivity contribution in [1.29, 1.82) is 0 Å². The van der Waals surface area contributed by atoms with Crippen molar-refractivity contribution in [2.45, 2.75) is 57.4 Å². The molecule has 0 bridgehead atoms. The number of hydrogen-bond acceptors (Lipinski definition) is 3. The maximum atomic E-state index is 13.0. The number of piperidine rings is 1. The second-order valence-electron chi connectivity index (χ2n) is 7.42. The van der Waals surface area contributed by atoms with Crippen molar-refractivity contribution < 1.29 is 9.53 Å². The molecule has 1 aromatic rings. The van der Waals surface area contributed by atoms with E-state index in [9.17, 15) is 4.79 Å². The first kappa shape index (κ1) is 18.2. The normalized spacial score (nSPS) is 22.4. The molecule has 2 heterocycles. The first-order valence-electron chi connectivity index (χ1n) is 9.95. The highest BCUT2D eigenvalue weighted by Gasteiger charge is 2.27. The van der Waals surface area contributed by atoms with Crippen molar-refractivity contribution >= 4 is 5.91 Å². The lowest BCUT2D eigenvalue weighted by molar-refractivity contribution is 0.0584. The summed E-state index contributed by atoms with van der Waals surface area (Å²) >= 11 is 0. The first-order chi connectivity index (χ1) is 12.3. The summed E-state index contributed by atoms with van der Waals surface area (Å²) in [7, 11) is 1.65. The molecule has 0 N–H and O–H groups in total. The monoisotopic (exact) mass is 344 g/mol. The molecule has 25 heavy (non-hydrogen) atoms. The summed E-state index contributed by atoms with van der Waals surface area (Å²) in [6, 6.07) is 7.93. The van der Waals surface area contributed by atoms with Gasteiger partial charge in [0, 0.05) is 24.7 Å². The van der Waals surface area contributed by atoms with E-state index in [-0.39, 0.29) is 5.91 Å². The zero-order chi connectivity index (χ0) is 17.5. The van der Waals surface area contributed by atoms with E-state index in [0.717, 1.165) is 43.7 Å². The predicted octanol–water partition coefficient (Wildman–Crippen LogP) is 3.96. The second kappa shape index (κ2) is 9.23. The van der Waals surface area contributed by atoms with Crippen molar-refractivity contribution in [3.05, 3.63) is 29.8 Å². The van der Waals surface area contributed by atoms with Crippen LogP contribution in [0.4, 0.5) is 0 Å². The van der Waals surface area contributed by atoms with Gasteiger partial charge in [0.25, 0.3) is 5.91 Å². The van der Waals surface area contributed by atoms with E-state index in [1.54, 1.807) is 7.11 Å². The smallest absolute Gasteiger partial charge is 0.254 e. The van der Waals surface area contributed by atoms with Gasteiger partial charge in [-0.15, -0.1) is 0 Å². The Hall–Kier alpha value is -1.55. The van der Waals surface area contributed by atoms with Crippen LogP contribution in [-0.2, 0) is 0 Å². The van der Waals surface area contributed by atoms with Crippen LogP contribution in [0.15, 0.2) is 24.3 Å². The molecule has 4 heteroatoms. The van der Waals surface area contributed by atoms with Gasteiger partial charge in [0.15, 0.2) is 0 Å². The van der Waals surface area contributed by atoms with Crippen LogP contribution in [0.25, 0.3) is 0 Å². The molecule has 2 saturated heterocycles. The van der Waals surface area contributed by atoms with E-state index >= 15 is 0 Å². The fourth-order valence-corrected chi connectivity index (χ4v) is 4.16. The van der Waals surface area contributed by atoms with Gasteiger partial charge in [-0.1, -0.05) is 12.8 Å². The molecular weight excluding hydrogens is 312 g/mol. The van der Waals surface area contributed by atoms with E-state index in [1.165, 1.54) is 45.2 Å². The lowest BCUT2D eigenvalue weighted by Crippen LogP contribution is -2.45. The van der Waals surface area contributed by atoms with Gasteiger partial charge in [-0.05, 0) is 75.9 Å². The third-order valence-electron chi connectivity index (χ3n) is 5.70. The zero-order valence-electron chi connectivity index (χ0n) is 15.6. The summed E-state index contributed by atoms with van der Waals surface area (Å²) < 4.78 is 5.20. The molecule has 1 amide bonds. The second-order valence-corrected chi connectivity index (χ2v) is 7.42. The number of hydrogen-bond donors (Lipinski definition) is 0. The van der Waals surface area contributed by atoms with E-state index in [2.05, 4.69) is 9.80 Å². The van der Waals surface area contributed by atoms with Gasteiger partial charge in [0.1, 0.15) is 5.75 Å². The van der Waals surface area contributed by atoms with Crippen LogP contribution in [0.2, 0.25) is 0 Å². The van der Waals surface area contributed by atoms with E-state index < -0.39 is 0 Å². The van der Waals surface area contributed by atoms with Crippen LogP contribution in [0, 0.1) is 0 Å². The van der Waals surface area contributed by atoms with E-state index in [0.29, 0.717) is 6.04 Å². The summed E-state index contributed by atoms with van der Waals surface area (Å²) in [6.45, 7) is 4.50. The maximum absolute atomic E-state index is 13.0. The third kappa shape index (κ3) is 4.97. The maximum Gasteiger partial charge on any atom is 0.254 e. The molecule has 0 saturated carbocycles. The Balaban J connectivity index is 1.60. The minimum absolute atomic E-state index is 0.184. The quantitative estimate of drug-likeness (QED) is 0.811. The Morgan fingerprint density at radius 3 is 2.36 bits per heavy atom. The molecule has 0 spiro atoms. The largest absolute Gasteiger partial charge is 0.497 e. The van der Waals surface area contributed by atoms with Gasteiger partial charge in [-0.2, -0.15) is 0 Å². The molecule has 1 aromatic carbocycles. The fourth-order valence-electron chi connectivity index (χ4n) is 4.16. The summed E-state index contributed by atoms with van der Waals surface area (Å²) in [5, 5.41) is 0. The van der Waals surface area contributed by atoms with Gasteiger partial charge in [0.2, 0.25) is 0 Å². The van der Waals surface area contributed by atoms with Crippen LogP contribution >= 0.6 is 0 Å². The zero-order valence-corrected chi connectivity index (χ0v) is 15.6. The standard InChI is InChI=1S/C21H32N2O2/c1-25-20-11-9-18(10-12-20)21(24)23-16-7-4-8-19(23)13-17-22-14-5-2-3-6-15-22/h9-12,19H,2-8,13-17H2,1H3/t19-/m0/s1. The minimum Gasteiger partial charge on any atom is -0.497 e. The van der Waals surface area contributed by atoms with Crippen molar-refractivity contribution in [3.8, 4) is 5.75 Å². The Kier molecular flexibility index (Phi) is 6.74. The Morgan fingerprint density at radius 2 is 1.68 bits per heavy atom. The number of carbonyl (C=O) groups is 1. The molecule has 2 aliphatic heterocycles. The molecule has 4 nitrogen and oxygen atoms in total. The van der Waals surface area contributed by atoms with Crippen LogP contribution in [-0.4, -0.2) is 55.0 Å². The number of nitrogens with zero attached hydrogens (tertiary/aromatic N) is 2. The Morgan fingerprint density at radius 1 is 1.00 bits per heavy atom. The van der Waals surface area contributed by atoms with Gasteiger partial charge in [-0.25, -0.2) is 0 Å². The molecule has 2 fully saturated rings. The van der Waals surface area contributed by atoms with E-state index in [4.69, 9.17) is 4.74 Å². The van der Waals surface area contributed by atoms with Gasteiger partial charge < -0.3 is 14.5 Å². The van der Waals surface area contributed by atoms with Crippen molar-refractivity contribution in [1.82, 2.24) is 9.80 Å². The number of benzene rings is 1. The molecular formula is C21H32N2O2. The lowest BCUT2D eigenvalue weighted by Gasteiger charge is -2.37. The molecule has 0 radical (unpaired) electrons.